The standard InChI is InChI=1S/C25H21ClN2O3S/c1-2-30-14-13-28-19-12-11-16(26)15-22(19)32-25(28)27-24(29)23-17-7-3-5-9-20(17)31-21-10-6-4-8-18(21)23/h3-12,15,23H,2,13-14H2,1H3. The zero-order valence-electron chi connectivity index (χ0n) is 17.5. The predicted octanol–water partition coefficient (Wildman–Crippen LogP) is 5.76. The number of hydrogen-bond acceptors (Lipinski definition) is 4. The number of fused-ring (bicyclic) bond motifs is 3. The van der Waals surface area contributed by atoms with Crippen LogP contribution in [0.5, 0.6) is 11.5 Å². The highest BCUT2D eigenvalue weighted by Gasteiger charge is 2.32. The third-order valence-electron chi connectivity index (χ3n) is 5.44. The van der Waals surface area contributed by atoms with Crippen molar-refractivity contribution in [1.29, 1.82) is 0 Å². The van der Waals surface area contributed by atoms with Crippen molar-refractivity contribution < 1.29 is 14.3 Å². The fraction of sp³-hybridized carbons (Fsp3) is 0.200. The van der Waals surface area contributed by atoms with Crippen molar-refractivity contribution in [2.45, 2.75) is 19.4 Å². The second-order valence-electron chi connectivity index (χ2n) is 7.41. The highest BCUT2D eigenvalue weighted by Crippen LogP contribution is 2.44. The van der Waals surface area contributed by atoms with Gasteiger partial charge >= 0.3 is 0 Å². The van der Waals surface area contributed by atoms with Gasteiger partial charge in [-0.1, -0.05) is 59.3 Å². The van der Waals surface area contributed by atoms with E-state index in [9.17, 15) is 4.79 Å². The molecule has 162 valence electrons. The SMILES string of the molecule is CCOCCn1c(=NC(=O)C2c3ccccc3Oc3ccccc32)sc2cc(Cl)ccc21. The molecule has 5 nitrogen and oxygen atoms in total. The molecule has 0 bridgehead atoms. The van der Waals surface area contributed by atoms with Crippen LogP contribution in [-0.4, -0.2) is 23.7 Å². The molecule has 0 aliphatic carbocycles. The molecule has 0 unspecified atom stereocenters. The van der Waals surface area contributed by atoms with Crippen LogP contribution in [0, 0.1) is 0 Å². The summed E-state index contributed by atoms with van der Waals surface area (Å²) < 4.78 is 14.6. The topological polar surface area (TPSA) is 52.8 Å². The van der Waals surface area contributed by atoms with Gasteiger partial charge in [0.25, 0.3) is 5.91 Å². The molecule has 0 atom stereocenters. The largest absolute Gasteiger partial charge is 0.457 e. The van der Waals surface area contributed by atoms with Gasteiger partial charge in [0, 0.05) is 29.3 Å². The van der Waals surface area contributed by atoms with Crippen LogP contribution in [0.15, 0.2) is 71.7 Å². The Morgan fingerprint density at radius 3 is 2.47 bits per heavy atom. The first-order valence-corrected chi connectivity index (χ1v) is 11.7. The Hall–Kier alpha value is -2.93. The van der Waals surface area contributed by atoms with Crippen LogP contribution in [0.1, 0.15) is 24.0 Å². The van der Waals surface area contributed by atoms with E-state index in [0.717, 1.165) is 21.3 Å². The summed E-state index contributed by atoms with van der Waals surface area (Å²) >= 11 is 7.66. The minimum Gasteiger partial charge on any atom is -0.457 e. The zero-order chi connectivity index (χ0) is 22.1. The van der Waals surface area contributed by atoms with Crippen molar-refractivity contribution in [2.75, 3.05) is 13.2 Å². The average molecular weight is 465 g/mol. The maximum atomic E-state index is 13.6. The third kappa shape index (κ3) is 3.86. The number of ether oxygens (including phenoxy) is 2. The summed E-state index contributed by atoms with van der Waals surface area (Å²) in [5, 5.41) is 0.654. The highest BCUT2D eigenvalue weighted by molar-refractivity contribution is 7.16. The Bertz CT molecular complexity index is 1330. The number of carbonyl (C=O) groups excluding carboxylic acids is 1. The van der Waals surface area contributed by atoms with Gasteiger partial charge in [0.1, 0.15) is 11.5 Å². The zero-order valence-corrected chi connectivity index (χ0v) is 19.0. The molecule has 7 heteroatoms. The molecule has 3 aromatic carbocycles. The lowest BCUT2D eigenvalue weighted by atomic mass is 9.87. The summed E-state index contributed by atoms with van der Waals surface area (Å²) in [6, 6.07) is 21.0. The number of nitrogens with zero attached hydrogens (tertiary/aromatic N) is 2. The molecule has 0 fully saturated rings. The summed E-state index contributed by atoms with van der Waals surface area (Å²) in [4.78, 5) is 18.9. The van der Waals surface area contributed by atoms with Gasteiger partial charge in [0.05, 0.1) is 22.7 Å². The molecule has 5 rings (SSSR count). The van der Waals surface area contributed by atoms with E-state index in [0.29, 0.717) is 41.1 Å². The Kier molecular flexibility index (Phi) is 5.83. The molecule has 0 spiro atoms. The summed E-state index contributed by atoms with van der Waals surface area (Å²) in [6.07, 6.45) is 0. The molecule has 1 aromatic heterocycles. The number of thiazole rings is 1. The molecular weight excluding hydrogens is 444 g/mol. The number of amides is 1. The molecule has 1 aliphatic heterocycles. The van der Waals surface area contributed by atoms with Crippen LogP contribution in [-0.2, 0) is 16.1 Å². The molecule has 1 aliphatic rings. The number of benzene rings is 3. The van der Waals surface area contributed by atoms with Crippen molar-refractivity contribution >= 4 is 39.1 Å². The number of aromatic nitrogens is 1. The first kappa shape index (κ1) is 20.9. The fourth-order valence-electron chi connectivity index (χ4n) is 3.98. The second-order valence-corrected chi connectivity index (χ2v) is 8.85. The summed E-state index contributed by atoms with van der Waals surface area (Å²) in [5.74, 6) is 0.625. The molecule has 4 aromatic rings. The van der Waals surface area contributed by atoms with Crippen molar-refractivity contribution in [3.05, 3.63) is 87.7 Å². The van der Waals surface area contributed by atoms with Gasteiger partial charge < -0.3 is 14.0 Å². The van der Waals surface area contributed by atoms with E-state index in [4.69, 9.17) is 21.1 Å². The van der Waals surface area contributed by atoms with Gasteiger partial charge in [-0.15, -0.1) is 0 Å². The van der Waals surface area contributed by atoms with E-state index in [1.807, 2.05) is 78.2 Å². The smallest absolute Gasteiger partial charge is 0.260 e. The van der Waals surface area contributed by atoms with Gasteiger partial charge in [-0.05, 0) is 37.3 Å². The van der Waals surface area contributed by atoms with Crippen LogP contribution in [0.4, 0.5) is 0 Å². The molecule has 1 amide bonds. The van der Waals surface area contributed by atoms with Crippen molar-refractivity contribution in [1.82, 2.24) is 4.57 Å². The molecule has 0 saturated carbocycles. The Morgan fingerprint density at radius 1 is 1.09 bits per heavy atom. The second kappa shape index (κ2) is 8.90. The minimum absolute atomic E-state index is 0.226. The molecular formula is C25H21ClN2O3S. The summed E-state index contributed by atoms with van der Waals surface area (Å²) in [7, 11) is 0. The lowest BCUT2D eigenvalue weighted by molar-refractivity contribution is -0.118. The van der Waals surface area contributed by atoms with Crippen LogP contribution < -0.4 is 9.54 Å². The fourth-order valence-corrected chi connectivity index (χ4v) is 5.32. The number of halogens is 1. The molecule has 0 N–H and O–H groups in total. The maximum absolute atomic E-state index is 13.6. The van der Waals surface area contributed by atoms with E-state index < -0.39 is 5.92 Å². The van der Waals surface area contributed by atoms with Crippen LogP contribution >= 0.6 is 22.9 Å². The average Bonchev–Trinajstić information content (AvgIpc) is 3.13. The Balaban J connectivity index is 1.63. The van der Waals surface area contributed by atoms with Crippen molar-refractivity contribution in [3.8, 4) is 11.5 Å². The normalized spacial score (nSPS) is 13.6. The van der Waals surface area contributed by atoms with Gasteiger partial charge in [-0.25, -0.2) is 0 Å². The molecule has 2 heterocycles. The molecule has 0 radical (unpaired) electrons. The summed E-state index contributed by atoms with van der Waals surface area (Å²) in [5.41, 5.74) is 2.63. The summed E-state index contributed by atoms with van der Waals surface area (Å²) in [6.45, 7) is 3.73. The maximum Gasteiger partial charge on any atom is 0.260 e. The molecule has 32 heavy (non-hydrogen) atoms. The molecule has 0 saturated heterocycles. The highest BCUT2D eigenvalue weighted by atomic mass is 35.5. The van der Waals surface area contributed by atoms with Gasteiger partial charge in [0.15, 0.2) is 4.80 Å². The van der Waals surface area contributed by atoms with Gasteiger partial charge in [-0.2, -0.15) is 4.99 Å². The monoisotopic (exact) mass is 464 g/mol. The van der Waals surface area contributed by atoms with E-state index >= 15 is 0 Å². The third-order valence-corrected chi connectivity index (χ3v) is 6.72. The van der Waals surface area contributed by atoms with Crippen LogP contribution in [0.25, 0.3) is 10.2 Å². The van der Waals surface area contributed by atoms with Crippen molar-refractivity contribution in [3.63, 3.8) is 0 Å². The van der Waals surface area contributed by atoms with Crippen LogP contribution in [0.3, 0.4) is 0 Å². The number of carbonyl (C=O) groups is 1. The van der Waals surface area contributed by atoms with Crippen LogP contribution in [0.2, 0.25) is 5.02 Å². The number of hydrogen-bond donors (Lipinski definition) is 0. The number of rotatable bonds is 5. The lowest BCUT2D eigenvalue weighted by Crippen LogP contribution is -2.23. The van der Waals surface area contributed by atoms with Gasteiger partial charge in [0.2, 0.25) is 0 Å². The predicted molar refractivity (Wildman–Crippen MR) is 127 cm³/mol. The lowest BCUT2D eigenvalue weighted by Gasteiger charge is -2.25. The quantitative estimate of drug-likeness (QED) is 0.353. The Labute approximate surface area is 194 Å². The minimum atomic E-state index is -0.523. The van der Waals surface area contributed by atoms with E-state index in [1.54, 1.807) is 0 Å². The number of para-hydroxylation sites is 2. The van der Waals surface area contributed by atoms with E-state index in [-0.39, 0.29) is 5.91 Å². The van der Waals surface area contributed by atoms with Gasteiger partial charge in [-0.3, -0.25) is 4.79 Å². The first-order valence-electron chi connectivity index (χ1n) is 10.5. The Morgan fingerprint density at radius 2 is 1.78 bits per heavy atom. The van der Waals surface area contributed by atoms with Crippen molar-refractivity contribution in [2.24, 2.45) is 4.99 Å². The van der Waals surface area contributed by atoms with E-state index in [1.165, 1.54) is 11.3 Å². The van der Waals surface area contributed by atoms with E-state index in [2.05, 4.69) is 4.99 Å². The first-order chi connectivity index (χ1) is 15.7.